The van der Waals surface area contributed by atoms with Gasteiger partial charge in [-0.3, -0.25) is 14.8 Å². The third-order valence-corrected chi connectivity index (χ3v) is 4.13. The first-order valence-electron chi connectivity index (χ1n) is 6.98. The van der Waals surface area contributed by atoms with E-state index in [9.17, 15) is 18.0 Å². The molecule has 1 N–H and O–H groups in total. The molecule has 0 bridgehead atoms. The van der Waals surface area contributed by atoms with Gasteiger partial charge in [-0.05, 0) is 25.5 Å². The van der Waals surface area contributed by atoms with Gasteiger partial charge in [0.25, 0.3) is 0 Å². The average Bonchev–Trinajstić information content (AvgIpc) is 3.06. The number of H-pyrrole nitrogens is 1. The number of likely N-dealkylation sites (tertiary alicyclic amines) is 1. The first-order chi connectivity index (χ1) is 9.95. The van der Waals surface area contributed by atoms with E-state index in [-0.39, 0.29) is 17.9 Å². The molecule has 0 amide bonds. The van der Waals surface area contributed by atoms with Crippen molar-refractivity contribution in [3.8, 4) is 0 Å². The Labute approximate surface area is 119 Å². The van der Waals surface area contributed by atoms with Crippen LogP contribution in [0.1, 0.15) is 36.6 Å². The lowest BCUT2D eigenvalue weighted by Crippen LogP contribution is -2.44. The molecule has 0 spiro atoms. The number of aromatic nitrogens is 2. The van der Waals surface area contributed by atoms with Crippen molar-refractivity contribution in [1.82, 2.24) is 15.1 Å². The predicted octanol–water partition coefficient (Wildman–Crippen LogP) is 1.92. The number of aromatic amines is 1. The number of hydrogen-bond acceptors (Lipinski definition) is 4. The normalized spacial score (nSPS) is 27.9. The molecule has 2 aliphatic rings. The fraction of sp³-hybridized carbons (Fsp3) is 0.692. The molecule has 5 nitrogen and oxygen atoms in total. The molecule has 0 saturated carbocycles. The van der Waals surface area contributed by atoms with Crippen LogP contribution in [-0.2, 0) is 15.7 Å². The number of hydrogen-bond donors (Lipinski definition) is 1. The number of alkyl halides is 3. The SMILES string of the molecule is O=C1OCC[C@H]1N1CCC[C@H](c2cc(C(F)(F)F)n[nH]2)C1. The second-order valence-corrected chi connectivity index (χ2v) is 5.51. The second kappa shape index (κ2) is 5.32. The first-order valence-corrected chi connectivity index (χ1v) is 6.98. The zero-order valence-corrected chi connectivity index (χ0v) is 11.3. The highest BCUT2D eigenvalue weighted by Crippen LogP contribution is 2.33. The number of rotatable bonds is 2. The number of halogens is 3. The number of nitrogens with zero attached hydrogens (tertiary/aromatic N) is 2. The quantitative estimate of drug-likeness (QED) is 0.848. The van der Waals surface area contributed by atoms with E-state index in [0.29, 0.717) is 25.3 Å². The molecule has 8 heteroatoms. The van der Waals surface area contributed by atoms with E-state index in [4.69, 9.17) is 4.74 Å². The van der Waals surface area contributed by atoms with Crippen molar-refractivity contribution in [3.05, 3.63) is 17.5 Å². The van der Waals surface area contributed by atoms with E-state index in [1.165, 1.54) is 0 Å². The number of esters is 1. The Kier molecular flexibility index (Phi) is 3.64. The number of ether oxygens (including phenoxy) is 1. The summed E-state index contributed by atoms with van der Waals surface area (Å²) in [5.41, 5.74) is -0.409. The van der Waals surface area contributed by atoms with Gasteiger partial charge in [0.1, 0.15) is 6.04 Å². The Balaban J connectivity index is 1.71. The summed E-state index contributed by atoms with van der Waals surface area (Å²) >= 11 is 0. The van der Waals surface area contributed by atoms with E-state index in [2.05, 4.69) is 10.2 Å². The second-order valence-electron chi connectivity index (χ2n) is 5.51. The van der Waals surface area contributed by atoms with Crippen molar-refractivity contribution in [2.24, 2.45) is 0 Å². The predicted molar refractivity (Wildman–Crippen MR) is 66.5 cm³/mol. The fourth-order valence-corrected chi connectivity index (χ4v) is 3.05. The molecule has 2 saturated heterocycles. The monoisotopic (exact) mass is 303 g/mol. The summed E-state index contributed by atoms with van der Waals surface area (Å²) in [6.45, 7) is 1.75. The molecular weight excluding hydrogens is 287 g/mol. The van der Waals surface area contributed by atoms with Gasteiger partial charge in [0, 0.05) is 24.6 Å². The number of carbonyl (C=O) groups excluding carboxylic acids is 1. The van der Waals surface area contributed by atoms with E-state index in [1.807, 2.05) is 4.90 Å². The molecule has 1 aromatic rings. The Bertz CT molecular complexity index is 529. The van der Waals surface area contributed by atoms with Gasteiger partial charge >= 0.3 is 12.1 Å². The van der Waals surface area contributed by atoms with Crippen LogP contribution in [0.5, 0.6) is 0 Å². The van der Waals surface area contributed by atoms with Crippen LogP contribution in [0.25, 0.3) is 0 Å². The van der Waals surface area contributed by atoms with E-state index in [1.54, 1.807) is 0 Å². The summed E-state index contributed by atoms with van der Waals surface area (Å²) in [5.74, 6) is -0.285. The van der Waals surface area contributed by atoms with Crippen LogP contribution in [0.4, 0.5) is 13.2 Å². The summed E-state index contributed by atoms with van der Waals surface area (Å²) in [6, 6.07) is 0.819. The van der Waals surface area contributed by atoms with E-state index < -0.39 is 11.9 Å². The summed E-state index contributed by atoms with van der Waals surface area (Å²) in [7, 11) is 0. The molecule has 2 aliphatic heterocycles. The van der Waals surface area contributed by atoms with Crippen LogP contribution in [0.3, 0.4) is 0 Å². The zero-order valence-electron chi connectivity index (χ0n) is 11.3. The lowest BCUT2D eigenvalue weighted by molar-refractivity contribution is -0.143. The Morgan fingerprint density at radius 2 is 2.19 bits per heavy atom. The summed E-state index contributed by atoms with van der Waals surface area (Å²) in [5, 5.41) is 5.83. The Hall–Kier alpha value is -1.57. The maximum absolute atomic E-state index is 12.6. The van der Waals surface area contributed by atoms with Gasteiger partial charge in [-0.1, -0.05) is 0 Å². The van der Waals surface area contributed by atoms with Crippen molar-refractivity contribution < 1.29 is 22.7 Å². The number of nitrogens with one attached hydrogen (secondary N) is 1. The van der Waals surface area contributed by atoms with Crippen LogP contribution in [0, 0.1) is 0 Å². The molecule has 2 fully saturated rings. The minimum atomic E-state index is -4.43. The topological polar surface area (TPSA) is 58.2 Å². The third kappa shape index (κ3) is 2.90. The molecule has 3 rings (SSSR count). The highest BCUT2D eigenvalue weighted by Gasteiger charge is 2.38. The molecule has 0 aromatic carbocycles. The van der Waals surface area contributed by atoms with Crippen molar-refractivity contribution in [2.75, 3.05) is 19.7 Å². The molecule has 2 atom stereocenters. The lowest BCUT2D eigenvalue weighted by atomic mass is 9.93. The molecule has 0 aliphatic carbocycles. The van der Waals surface area contributed by atoms with Gasteiger partial charge < -0.3 is 4.74 Å². The number of cyclic esters (lactones) is 1. The maximum Gasteiger partial charge on any atom is 0.435 e. The summed E-state index contributed by atoms with van der Waals surface area (Å²) < 4.78 is 42.7. The molecule has 0 unspecified atom stereocenters. The zero-order chi connectivity index (χ0) is 15.0. The fourth-order valence-electron chi connectivity index (χ4n) is 3.05. The smallest absolute Gasteiger partial charge is 0.435 e. The van der Waals surface area contributed by atoms with Gasteiger partial charge in [0.05, 0.1) is 6.61 Å². The van der Waals surface area contributed by atoms with Crippen LogP contribution in [-0.4, -0.2) is 46.8 Å². The summed E-state index contributed by atoms with van der Waals surface area (Å²) in [6.07, 6.45) is -2.15. The van der Waals surface area contributed by atoms with Gasteiger partial charge in [-0.15, -0.1) is 0 Å². The highest BCUT2D eigenvalue weighted by molar-refractivity contribution is 5.77. The standard InChI is InChI=1S/C13H16F3N3O2/c14-13(15,16)11-6-9(17-18-11)8-2-1-4-19(7-8)10-3-5-21-12(10)20/h6,8,10H,1-5,7H2,(H,17,18)/t8-,10+/m0/s1. The number of piperidine rings is 1. The van der Waals surface area contributed by atoms with Gasteiger partial charge in [0.2, 0.25) is 0 Å². The molecule has 21 heavy (non-hydrogen) atoms. The van der Waals surface area contributed by atoms with Crippen LogP contribution in [0.2, 0.25) is 0 Å². The molecule has 3 heterocycles. The van der Waals surface area contributed by atoms with Gasteiger partial charge in [-0.2, -0.15) is 18.3 Å². The van der Waals surface area contributed by atoms with Crippen LogP contribution < -0.4 is 0 Å². The van der Waals surface area contributed by atoms with Crippen molar-refractivity contribution in [1.29, 1.82) is 0 Å². The maximum atomic E-state index is 12.6. The largest absolute Gasteiger partial charge is 0.464 e. The Morgan fingerprint density at radius 3 is 2.81 bits per heavy atom. The van der Waals surface area contributed by atoms with Crippen molar-refractivity contribution in [2.45, 2.75) is 37.4 Å². The van der Waals surface area contributed by atoms with Gasteiger partial charge in [0.15, 0.2) is 5.69 Å². The number of carbonyl (C=O) groups is 1. The van der Waals surface area contributed by atoms with Crippen LogP contribution in [0.15, 0.2) is 6.07 Å². The summed E-state index contributed by atoms with van der Waals surface area (Å²) in [4.78, 5) is 13.6. The minimum Gasteiger partial charge on any atom is -0.464 e. The van der Waals surface area contributed by atoms with Crippen LogP contribution >= 0.6 is 0 Å². The average molecular weight is 303 g/mol. The Morgan fingerprint density at radius 1 is 1.38 bits per heavy atom. The molecule has 1 aromatic heterocycles. The lowest BCUT2D eigenvalue weighted by Gasteiger charge is -2.34. The molecule has 0 radical (unpaired) electrons. The molecule has 116 valence electrons. The minimum absolute atomic E-state index is 0.0595. The van der Waals surface area contributed by atoms with Crippen molar-refractivity contribution in [3.63, 3.8) is 0 Å². The molecular formula is C13H16F3N3O2. The third-order valence-electron chi connectivity index (χ3n) is 4.13. The van der Waals surface area contributed by atoms with Gasteiger partial charge in [-0.25, -0.2) is 0 Å². The first kappa shape index (κ1) is 14.4. The van der Waals surface area contributed by atoms with E-state index in [0.717, 1.165) is 25.5 Å². The van der Waals surface area contributed by atoms with E-state index >= 15 is 0 Å². The highest BCUT2D eigenvalue weighted by atomic mass is 19.4. The van der Waals surface area contributed by atoms with Crippen molar-refractivity contribution >= 4 is 5.97 Å².